The summed E-state index contributed by atoms with van der Waals surface area (Å²) in [5.41, 5.74) is 0.639. The SMILES string of the molecule is Cc1nonc1Cn1ccc(C(=O)C(F)(F)F)c1. The van der Waals surface area contributed by atoms with Crippen LogP contribution in [0.1, 0.15) is 21.7 Å². The first-order chi connectivity index (χ1) is 8.38. The number of aryl methyl sites for hydroxylation is 1. The highest BCUT2D eigenvalue weighted by Crippen LogP contribution is 2.21. The van der Waals surface area contributed by atoms with E-state index in [1.807, 2.05) is 0 Å². The maximum absolute atomic E-state index is 12.2. The molecular formula is C10H8F3N3O2. The highest BCUT2D eigenvalue weighted by molar-refractivity contribution is 6.00. The Balaban J connectivity index is 2.17. The zero-order valence-electron chi connectivity index (χ0n) is 9.23. The van der Waals surface area contributed by atoms with Crippen molar-refractivity contribution in [2.75, 3.05) is 0 Å². The third-order valence-electron chi connectivity index (χ3n) is 2.35. The van der Waals surface area contributed by atoms with Crippen LogP contribution < -0.4 is 0 Å². The molecular weight excluding hydrogens is 251 g/mol. The molecule has 0 saturated heterocycles. The molecule has 0 spiro atoms. The van der Waals surface area contributed by atoms with Crippen molar-refractivity contribution in [3.8, 4) is 0 Å². The van der Waals surface area contributed by atoms with Crippen LogP contribution in [-0.2, 0) is 6.54 Å². The van der Waals surface area contributed by atoms with Gasteiger partial charge < -0.3 is 4.57 Å². The zero-order chi connectivity index (χ0) is 13.3. The van der Waals surface area contributed by atoms with Crippen molar-refractivity contribution < 1.29 is 22.6 Å². The smallest absolute Gasteiger partial charge is 0.347 e. The number of carbonyl (C=O) groups is 1. The molecule has 0 N–H and O–H groups in total. The van der Waals surface area contributed by atoms with Gasteiger partial charge in [0.15, 0.2) is 0 Å². The summed E-state index contributed by atoms with van der Waals surface area (Å²) in [7, 11) is 0. The standard InChI is InChI=1S/C10H8F3N3O2/c1-6-8(15-18-14-6)5-16-3-2-7(4-16)9(17)10(11,12)13/h2-4H,5H2,1H3. The maximum Gasteiger partial charge on any atom is 0.454 e. The highest BCUT2D eigenvalue weighted by atomic mass is 19.4. The third kappa shape index (κ3) is 2.41. The Morgan fingerprint density at radius 3 is 2.72 bits per heavy atom. The van der Waals surface area contributed by atoms with Crippen LogP contribution in [0.15, 0.2) is 23.1 Å². The number of ketones is 1. The molecule has 0 bridgehead atoms. The van der Waals surface area contributed by atoms with Crippen LogP contribution in [0.3, 0.4) is 0 Å². The summed E-state index contributed by atoms with van der Waals surface area (Å²) in [5, 5.41) is 7.15. The molecule has 0 amide bonds. The average molecular weight is 259 g/mol. The number of hydrogen-bond donors (Lipinski definition) is 0. The van der Waals surface area contributed by atoms with Gasteiger partial charge in [-0.05, 0) is 13.0 Å². The molecule has 2 rings (SSSR count). The molecule has 2 aromatic rings. The average Bonchev–Trinajstić information content (AvgIpc) is 2.87. The second kappa shape index (κ2) is 4.28. The first-order valence-electron chi connectivity index (χ1n) is 4.93. The monoisotopic (exact) mass is 259 g/mol. The Morgan fingerprint density at radius 1 is 1.44 bits per heavy atom. The Labute approximate surface area is 99.2 Å². The molecule has 0 aliphatic carbocycles. The summed E-state index contributed by atoms with van der Waals surface area (Å²) in [6, 6.07) is 1.11. The highest BCUT2D eigenvalue weighted by Gasteiger charge is 2.39. The summed E-state index contributed by atoms with van der Waals surface area (Å²) < 4.78 is 42.4. The van der Waals surface area contributed by atoms with Gasteiger partial charge in [-0.1, -0.05) is 10.3 Å². The fraction of sp³-hybridized carbons (Fsp3) is 0.300. The van der Waals surface area contributed by atoms with E-state index in [0.717, 1.165) is 12.3 Å². The molecule has 0 fully saturated rings. The molecule has 5 nitrogen and oxygen atoms in total. The number of Topliss-reactive ketones (excluding diaryl/α,β-unsaturated/α-hetero) is 1. The summed E-state index contributed by atoms with van der Waals surface area (Å²) in [4.78, 5) is 11.0. The second-order valence-corrected chi connectivity index (χ2v) is 3.70. The molecule has 18 heavy (non-hydrogen) atoms. The van der Waals surface area contributed by atoms with E-state index in [4.69, 9.17) is 0 Å². The van der Waals surface area contributed by atoms with Crippen LogP contribution >= 0.6 is 0 Å². The first-order valence-corrected chi connectivity index (χ1v) is 4.93. The van der Waals surface area contributed by atoms with E-state index >= 15 is 0 Å². The summed E-state index contributed by atoms with van der Waals surface area (Å²) in [6.45, 7) is 1.86. The molecule has 0 saturated carbocycles. The predicted molar refractivity (Wildman–Crippen MR) is 53.0 cm³/mol. The van der Waals surface area contributed by atoms with Gasteiger partial charge in [0.1, 0.15) is 11.4 Å². The van der Waals surface area contributed by atoms with E-state index < -0.39 is 17.5 Å². The summed E-state index contributed by atoms with van der Waals surface area (Å²) in [5.74, 6) is -1.86. The minimum atomic E-state index is -4.86. The van der Waals surface area contributed by atoms with Crippen molar-refractivity contribution in [2.45, 2.75) is 19.6 Å². The molecule has 0 aromatic carbocycles. The summed E-state index contributed by atoms with van der Waals surface area (Å²) >= 11 is 0. The van der Waals surface area contributed by atoms with Gasteiger partial charge >= 0.3 is 6.18 Å². The molecule has 2 aromatic heterocycles. The van der Waals surface area contributed by atoms with Crippen molar-refractivity contribution >= 4 is 5.78 Å². The number of halogens is 3. The fourth-order valence-electron chi connectivity index (χ4n) is 1.40. The number of rotatable bonds is 3. The lowest BCUT2D eigenvalue weighted by Crippen LogP contribution is -2.22. The molecule has 0 aliphatic rings. The van der Waals surface area contributed by atoms with E-state index in [1.54, 1.807) is 6.92 Å². The lowest BCUT2D eigenvalue weighted by Gasteiger charge is -2.02. The fourth-order valence-corrected chi connectivity index (χ4v) is 1.40. The van der Waals surface area contributed by atoms with Gasteiger partial charge in [0.2, 0.25) is 0 Å². The van der Waals surface area contributed by atoms with E-state index in [0.29, 0.717) is 11.4 Å². The van der Waals surface area contributed by atoms with Gasteiger partial charge in [-0.3, -0.25) is 4.79 Å². The Bertz CT molecular complexity index is 571. The van der Waals surface area contributed by atoms with Crippen LogP contribution in [0.5, 0.6) is 0 Å². The van der Waals surface area contributed by atoms with Gasteiger partial charge in [-0.15, -0.1) is 0 Å². The normalized spacial score (nSPS) is 11.8. The van der Waals surface area contributed by atoms with Gasteiger partial charge in [-0.2, -0.15) is 13.2 Å². The Morgan fingerprint density at radius 2 is 2.17 bits per heavy atom. The van der Waals surface area contributed by atoms with Gasteiger partial charge in [0.25, 0.3) is 5.78 Å². The van der Waals surface area contributed by atoms with E-state index in [1.165, 1.54) is 10.8 Å². The van der Waals surface area contributed by atoms with Crippen molar-refractivity contribution in [1.29, 1.82) is 0 Å². The molecule has 0 atom stereocenters. The van der Waals surface area contributed by atoms with Crippen LogP contribution in [-0.4, -0.2) is 26.8 Å². The lowest BCUT2D eigenvalue weighted by molar-refractivity contribution is -0.0885. The molecule has 8 heteroatoms. The van der Waals surface area contributed by atoms with Crippen LogP contribution in [0.4, 0.5) is 13.2 Å². The predicted octanol–water partition coefficient (Wildman–Crippen LogP) is 1.97. The Kier molecular flexibility index (Phi) is 2.93. The van der Waals surface area contributed by atoms with Gasteiger partial charge in [0.05, 0.1) is 6.54 Å². The first kappa shape index (κ1) is 12.3. The quantitative estimate of drug-likeness (QED) is 0.790. The number of aromatic nitrogens is 3. The summed E-state index contributed by atoms with van der Waals surface area (Å²) in [6.07, 6.45) is -2.38. The van der Waals surface area contributed by atoms with Crippen LogP contribution in [0.25, 0.3) is 0 Å². The zero-order valence-corrected chi connectivity index (χ0v) is 9.23. The topological polar surface area (TPSA) is 60.9 Å². The molecule has 0 unspecified atom stereocenters. The number of alkyl halides is 3. The molecule has 96 valence electrons. The largest absolute Gasteiger partial charge is 0.454 e. The molecule has 0 aliphatic heterocycles. The number of nitrogens with zero attached hydrogens (tertiary/aromatic N) is 3. The minimum absolute atomic E-state index is 0.195. The minimum Gasteiger partial charge on any atom is -0.347 e. The van der Waals surface area contributed by atoms with E-state index in [-0.39, 0.29) is 6.54 Å². The molecule has 2 heterocycles. The lowest BCUT2D eigenvalue weighted by atomic mass is 10.2. The maximum atomic E-state index is 12.2. The van der Waals surface area contributed by atoms with Crippen LogP contribution in [0, 0.1) is 6.92 Å². The van der Waals surface area contributed by atoms with Crippen molar-refractivity contribution in [1.82, 2.24) is 14.9 Å². The van der Waals surface area contributed by atoms with Crippen molar-refractivity contribution in [2.24, 2.45) is 0 Å². The number of hydrogen-bond acceptors (Lipinski definition) is 4. The Hall–Kier alpha value is -2.12. The van der Waals surface area contributed by atoms with E-state index in [2.05, 4.69) is 14.9 Å². The number of carbonyl (C=O) groups excluding carboxylic acids is 1. The van der Waals surface area contributed by atoms with Crippen molar-refractivity contribution in [3.63, 3.8) is 0 Å². The van der Waals surface area contributed by atoms with Crippen LogP contribution in [0.2, 0.25) is 0 Å². The van der Waals surface area contributed by atoms with E-state index in [9.17, 15) is 18.0 Å². The second-order valence-electron chi connectivity index (χ2n) is 3.70. The molecule has 0 radical (unpaired) electrons. The van der Waals surface area contributed by atoms with Gasteiger partial charge in [0, 0.05) is 18.0 Å². The van der Waals surface area contributed by atoms with Gasteiger partial charge in [-0.25, -0.2) is 4.63 Å². The third-order valence-corrected chi connectivity index (χ3v) is 2.35. The van der Waals surface area contributed by atoms with Crippen molar-refractivity contribution in [3.05, 3.63) is 35.4 Å².